The van der Waals surface area contributed by atoms with Crippen LogP contribution in [0.3, 0.4) is 0 Å². The van der Waals surface area contributed by atoms with Crippen molar-refractivity contribution in [3.63, 3.8) is 0 Å². The molecule has 152 valence electrons. The van der Waals surface area contributed by atoms with Crippen LogP contribution in [0, 0.1) is 23.0 Å². The Kier molecular flexibility index (Phi) is 6.26. The Bertz CT molecular complexity index is 902. The number of aryl methyl sites for hydroxylation is 1. The highest BCUT2D eigenvalue weighted by Crippen LogP contribution is 2.31. The standard InChI is InChI=1S/C22H24N2O5/c1-15-7-9-17(10-8-15)21(25)16(2)29-22(26)18-11-13-23(14-12-18)19-5-3-4-6-20(19)24(27)28/h3-10,16,18H,11-14H2,1-2H3/t16-/m1/s1. The van der Waals surface area contributed by atoms with Gasteiger partial charge in [0.15, 0.2) is 6.10 Å². The van der Waals surface area contributed by atoms with Crippen molar-refractivity contribution in [2.45, 2.75) is 32.8 Å². The fraction of sp³-hybridized carbons (Fsp3) is 0.364. The molecule has 0 amide bonds. The Hall–Kier alpha value is -3.22. The van der Waals surface area contributed by atoms with E-state index in [4.69, 9.17) is 4.74 Å². The minimum absolute atomic E-state index is 0.0610. The first-order valence-electron chi connectivity index (χ1n) is 9.66. The molecule has 0 N–H and O–H groups in total. The smallest absolute Gasteiger partial charge is 0.309 e. The fourth-order valence-electron chi connectivity index (χ4n) is 3.52. The average Bonchev–Trinajstić information content (AvgIpc) is 2.73. The lowest BCUT2D eigenvalue weighted by molar-refractivity contribution is -0.384. The molecule has 0 aliphatic carbocycles. The Morgan fingerprint density at radius 2 is 1.72 bits per heavy atom. The third kappa shape index (κ3) is 4.80. The molecule has 0 unspecified atom stereocenters. The first kappa shape index (κ1) is 20.5. The van der Waals surface area contributed by atoms with Gasteiger partial charge >= 0.3 is 5.97 Å². The first-order chi connectivity index (χ1) is 13.9. The number of piperidine rings is 1. The fourth-order valence-corrected chi connectivity index (χ4v) is 3.52. The van der Waals surface area contributed by atoms with Gasteiger partial charge in [-0.2, -0.15) is 0 Å². The summed E-state index contributed by atoms with van der Waals surface area (Å²) in [5.74, 6) is -0.932. The van der Waals surface area contributed by atoms with Gasteiger partial charge in [0, 0.05) is 24.7 Å². The van der Waals surface area contributed by atoms with E-state index in [9.17, 15) is 19.7 Å². The molecule has 0 saturated carbocycles. The number of carbonyl (C=O) groups is 2. The van der Waals surface area contributed by atoms with Gasteiger partial charge in [0.1, 0.15) is 5.69 Å². The average molecular weight is 396 g/mol. The number of rotatable bonds is 6. The zero-order valence-corrected chi connectivity index (χ0v) is 16.5. The van der Waals surface area contributed by atoms with Crippen LogP contribution in [-0.4, -0.2) is 35.9 Å². The van der Waals surface area contributed by atoms with Crippen LogP contribution in [0.15, 0.2) is 48.5 Å². The number of para-hydroxylation sites is 2. The van der Waals surface area contributed by atoms with E-state index in [0.29, 0.717) is 37.2 Å². The summed E-state index contributed by atoms with van der Waals surface area (Å²) in [6.07, 6.45) is 0.200. The number of nitro groups is 1. The molecular weight excluding hydrogens is 372 g/mol. The van der Waals surface area contributed by atoms with Crippen molar-refractivity contribution >= 4 is 23.1 Å². The number of nitro benzene ring substituents is 1. The van der Waals surface area contributed by atoms with Gasteiger partial charge < -0.3 is 9.64 Å². The van der Waals surface area contributed by atoms with Gasteiger partial charge in [-0.25, -0.2) is 0 Å². The van der Waals surface area contributed by atoms with E-state index in [1.54, 1.807) is 37.3 Å². The molecule has 3 rings (SSSR count). The lowest BCUT2D eigenvalue weighted by Crippen LogP contribution is -2.38. The van der Waals surface area contributed by atoms with Gasteiger partial charge in [-0.05, 0) is 32.8 Å². The summed E-state index contributed by atoms with van der Waals surface area (Å²) in [7, 11) is 0. The number of ether oxygens (including phenoxy) is 1. The summed E-state index contributed by atoms with van der Waals surface area (Å²) < 4.78 is 5.42. The third-order valence-electron chi connectivity index (χ3n) is 5.25. The van der Waals surface area contributed by atoms with Crippen LogP contribution < -0.4 is 4.90 Å². The Labute approximate surface area is 169 Å². The van der Waals surface area contributed by atoms with Crippen molar-refractivity contribution in [3.05, 3.63) is 69.8 Å². The molecular formula is C22H24N2O5. The summed E-state index contributed by atoms with van der Waals surface area (Å²) in [6, 6.07) is 13.8. The highest BCUT2D eigenvalue weighted by atomic mass is 16.6. The quantitative estimate of drug-likeness (QED) is 0.318. The summed E-state index contributed by atoms with van der Waals surface area (Å²) in [4.78, 5) is 37.7. The van der Waals surface area contributed by atoms with E-state index in [2.05, 4.69) is 0 Å². The van der Waals surface area contributed by atoms with Gasteiger partial charge in [0.25, 0.3) is 5.69 Å². The second kappa shape index (κ2) is 8.86. The minimum atomic E-state index is -0.849. The predicted molar refractivity (Wildman–Crippen MR) is 109 cm³/mol. The van der Waals surface area contributed by atoms with Gasteiger partial charge in [-0.1, -0.05) is 42.0 Å². The number of carbonyl (C=O) groups excluding carboxylic acids is 2. The van der Waals surface area contributed by atoms with Gasteiger partial charge in [0.2, 0.25) is 5.78 Å². The Balaban J connectivity index is 1.57. The molecule has 2 aromatic carbocycles. The zero-order chi connectivity index (χ0) is 21.0. The van der Waals surface area contributed by atoms with Crippen molar-refractivity contribution in [2.75, 3.05) is 18.0 Å². The molecule has 1 atom stereocenters. The van der Waals surface area contributed by atoms with Crippen LogP contribution in [0.5, 0.6) is 0 Å². The number of Topliss-reactive ketones (excluding diaryl/α,β-unsaturated/α-hetero) is 1. The Morgan fingerprint density at radius 3 is 2.34 bits per heavy atom. The highest BCUT2D eigenvalue weighted by molar-refractivity contribution is 6.00. The number of esters is 1. The van der Waals surface area contributed by atoms with Gasteiger partial charge in [0.05, 0.1) is 10.8 Å². The maximum atomic E-state index is 12.5. The number of hydrogen-bond donors (Lipinski definition) is 0. The molecule has 0 radical (unpaired) electrons. The van der Waals surface area contributed by atoms with Crippen molar-refractivity contribution in [3.8, 4) is 0 Å². The molecule has 7 nitrogen and oxygen atoms in total. The topological polar surface area (TPSA) is 89.8 Å². The molecule has 2 aromatic rings. The summed E-state index contributed by atoms with van der Waals surface area (Å²) in [6.45, 7) is 4.56. The molecule has 1 saturated heterocycles. The number of ketones is 1. The van der Waals surface area contributed by atoms with Crippen molar-refractivity contribution in [1.82, 2.24) is 0 Å². The summed E-state index contributed by atoms with van der Waals surface area (Å²) in [5, 5.41) is 11.2. The van der Waals surface area contributed by atoms with Crippen LogP contribution in [0.2, 0.25) is 0 Å². The monoisotopic (exact) mass is 396 g/mol. The van der Waals surface area contributed by atoms with Crippen LogP contribution >= 0.6 is 0 Å². The van der Waals surface area contributed by atoms with E-state index < -0.39 is 11.0 Å². The molecule has 1 aliphatic rings. The van der Waals surface area contributed by atoms with Crippen LogP contribution in [0.1, 0.15) is 35.7 Å². The molecule has 1 aliphatic heterocycles. The molecule has 1 fully saturated rings. The number of hydrogen-bond acceptors (Lipinski definition) is 6. The molecule has 7 heteroatoms. The van der Waals surface area contributed by atoms with Crippen molar-refractivity contribution in [2.24, 2.45) is 5.92 Å². The zero-order valence-electron chi connectivity index (χ0n) is 16.5. The van der Waals surface area contributed by atoms with Crippen LogP contribution in [0.25, 0.3) is 0 Å². The lowest BCUT2D eigenvalue weighted by atomic mass is 9.96. The van der Waals surface area contributed by atoms with Crippen molar-refractivity contribution < 1.29 is 19.2 Å². The highest BCUT2D eigenvalue weighted by Gasteiger charge is 2.31. The van der Waals surface area contributed by atoms with E-state index in [1.807, 2.05) is 24.0 Å². The maximum absolute atomic E-state index is 12.5. The molecule has 0 bridgehead atoms. The van der Waals surface area contributed by atoms with Gasteiger partial charge in [-0.3, -0.25) is 19.7 Å². The van der Waals surface area contributed by atoms with E-state index in [-0.39, 0.29) is 23.4 Å². The van der Waals surface area contributed by atoms with Crippen molar-refractivity contribution in [1.29, 1.82) is 0 Å². The first-order valence-corrected chi connectivity index (χ1v) is 9.66. The third-order valence-corrected chi connectivity index (χ3v) is 5.25. The van der Waals surface area contributed by atoms with Crippen LogP contribution in [-0.2, 0) is 9.53 Å². The summed E-state index contributed by atoms with van der Waals surface area (Å²) in [5.41, 5.74) is 2.19. The molecule has 0 spiro atoms. The normalized spacial score (nSPS) is 15.6. The number of nitrogens with zero attached hydrogens (tertiary/aromatic N) is 2. The minimum Gasteiger partial charge on any atom is -0.454 e. The van der Waals surface area contributed by atoms with E-state index in [1.165, 1.54) is 6.07 Å². The molecule has 0 aromatic heterocycles. The molecule has 29 heavy (non-hydrogen) atoms. The van der Waals surface area contributed by atoms with E-state index >= 15 is 0 Å². The van der Waals surface area contributed by atoms with E-state index in [0.717, 1.165) is 5.56 Å². The largest absolute Gasteiger partial charge is 0.454 e. The van der Waals surface area contributed by atoms with Crippen LogP contribution in [0.4, 0.5) is 11.4 Å². The Morgan fingerprint density at radius 1 is 1.10 bits per heavy atom. The number of benzene rings is 2. The lowest BCUT2D eigenvalue weighted by Gasteiger charge is -2.32. The second-order valence-corrected chi connectivity index (χ2v) is 7.32. The van der Waals surface area contributed by atoms with Gasteiger partial charge in [-0.15, -0.1) is 0 Å². The SMILES string of the molecule is Cc1ccc(C(=O)[C@@H](C)OC(=O)C2CCN(c3ccccc3[N+](=O)[O-])CC2)cc1. The second-order valence-electron chi connectivity index (χ2n) is 7.32. The molecule has 1 heterocycles. The summed E-state index contributed by atoms with van der Waals surface area (Å²) >= 11 is 0. The predicted octanol–water partition coefficient (Wildman–Crippen LogP) is 3.93. The maximum Gasteiger partial charge on any atom is 0.309 e. The number of anilines is 1.